The SMILES string of the molecule is CC(CCC(=O)NC=O)N1Cc2c(ccc(N3CCN(CC4CCCNC4)CC3)c2F)C1=O. The molecule has 2 unspecified atom stereocenters. The van der Waals surface area contributed by atoms with Crippen LogP contribution in [0.15, 0.2) is 12.1 Å². The van der Waals surface area contributed by atoms with Gasteiger partial charge in [-0.15, -0.1) is 0 Å². The van der Waals surface area contributed by atoms with Crippen LogP contribution in [0.25, 0.3) is 0 Å². The van der Waals surface area contributed by atoms with E-state index < -0.39 is 0 Å². The Morgan fingerprint density at radius 3 is 2.79 bits per heavy atom. The molecule has 0 bridgehead atoms. The summed E-state index contributed by atoms with van der Waals surface area (Å²) in [5, 5.41) is 5.58. The Morgan fingerprint density at radius 2 is 2.09 bits per heavy atom. The highest BCUT2D eigenvalue weighted by molar-refractivity contribution is 5.99. The highest BCUT2D eigenvalue weighted by Gasteiger charge is 2.35. The summed E-state index contributed by atoms with van der Waals surface area (Å²) in [6.45, 7) is 8.73. The first-order valence-corrected chi connectivity index (χ1v) is 12.0. The van der Waals surface area contributed by atoms with Gasteiger partial charge >= 0.3 is 0 Å². The second kappa shape index (κ2) is 10.6. The fraction of sp³-hybridized carbons (Fsp3) is 0.625. The molecule has 0 radical (unpaired) electrons. The summed E-state index contributed by atoms with van der Waals surface area (Å²) in [4.78, 5) is 41.0. The minimum atomic E-state index is -0.381. The summed E-state index contributed by atoms with van der Waals surface area (Å²) in [6.07, 6.45) is 3.41. The summed E-state index contributed by atoms with van der Waals surface area (Å²) in [6, 6.07) is 3.24. The molecule has 3 aliphatic rings. The van der Waals surface area contributed by atoms with Crippen molar-refractivity contribution in [3.8, 4) is 0 Å². The molecule has 1 aromatic carbocycles. The van der Waals surface area contributed by atoms with Gasteiger partial charge in [0.25, 0.3) is 5.91 Å². The van der Waals surface area contributed by atoms with Crippen molar-refractivity contribution in [1.29, 1.82) is 0 Å². The molecule has 3 amide bonds. The first-order chi connectivity index (χ1) is 16.0. The van der Waals surface area contributed by atoms with Gasteiger partial charge in [0.05, 0.1) is 12.2 Å². The minimum Gasteiger partial charge on any atom is -0.367 e. The number of halogens is 1. The van der Waals surface area contributed by atoms with E-state index in [4.69, 9.17) is 0 Å². The predicted molar refractivity (Wildman–Crippen MR) is 123 cm³/mol. The highest BCUT2D eigenvalue weighted by Crippen LogP contribution is 2.33. The Hall–Kier alpha value is -2.52. The Morgan fingerprint density at radius 1 is 1.30 bits per heavy atom. The predicted octanol–water partition coefficient (Wildman–Crippen LogP) is 1.34. The molecule has 4 rings (SSSR count). The van der Waals surface area contributed by atoms with Gasteiger partial charge in [0.1, 0.15) is 0 Å². The standard InChI is InChI=1S/C24H34FN5O3/c1-17(4-7-22(32)27-16-31)30-15-20-19(24(30)33)5-6-21(23(20)25)29-11-9-28(10-12-29)14-18-3-2-8-26-13-18/h5-6,16-18,26H,2-4,7-15H2,1H3,(H,27,31,32). The molecule has 2 N–H and O–H groups in total. The average molecular weight is 460 g/mol. The molecule has 180 valence electrons. The number of anilines is 1. The number of carbonyl (C=O) groups excluding carboxylic acids is 3. The van der Waals surface area contributed by atoms with E-state index in [1.54, 1.807) is 17.0 Å². The van der Waals surface area contributed by atoms with Crippen LogP contribution in [-0.2, 0) is 16.1 Å². The maximum atomic E-state index is 15.5. The van der Waals surface area contributed by atoms with Crippen LogP contribution in [0.1, 0.15) is 48.5 Å². The zero-order valence-electron chi connectivity index (χ0n) is 19.3. The van der Waals surface area contributed by atoms with E-state index in [9.17, 15) is 14.4 Å². The van der Waals surface area contributed by atoms with E-state index >= 15 is 4.39 Å². The third-order valence-corrected chi connectivity index (χ3v) is 7.21. The van der Waals surface area contributed by atoms with Gasteiger partial charge in [0, 0.05) is 56.3 Å². The number of hydrogen-bond donors (Lipinski definition) is 2. The number of nitrogens with one attached hydrogen (secondary N) is 2. The number of rotatable bonds is 8. The molecular weight excluding hydrogens is 425 g/mol. The summed E-state index contributed by atoms with van der Waals surface area (Å²) in [7, 11) is 0. The Kier molecular flexibility index (Phi) is 7.60. The van der Waals surface area contributed by atoms with Crippen molar-refractivity contribution in [3.05, 3.63) is 29.1 Å². The number of hydrogen-bond acceptors (Lipinski definition) is 6. The zero-order valence-corrected chi connectivity index (χ0v) is 19.3. The Bertz CT molecular complexity index is 881. The van der Waals surface area contributed by atoms with Crippen LogP contribution in [0.3, 0.4) is 0 Å². The van der Waals surface area contributed by atoms with Gasteiger partial charge in [-0.05, 0) is 57.3 Å². The number of piperidine rings is 1. The van der Waals surface area contributed by atoms with Gasteiger partial charge in [-0.1, -0.05) is 0 Å². The molecule has 0 aliphatic carbocycles. The smallest absolute Gasteiger partial charge is 0.254 e. The molecule has 3 aliphatic heterocycles. The van der Waals surface area contributed by atoms with Gasteiger partial charge in [-0.3, -0.25) is 24.6 Å². The highest BCUT2D eigenvalue weighted by atomic mass is 19.1. The van der Waals surface area contributed by atoms with E-state index in [2.05, 4.69) is 20.4 Å². The van der Waals surface area contributed by atoms with Crippen LogP contribution in [0.4, 0.5) is 10.1 Å². The maximum absolute atomic E-state index is 15.5. The third-order valence-electron chi connectivity index (χ3n) is 7.21. The maximum Gasteiger partial charge on any atom is 0.254 e. The van der Waals surface area contributed by atoms with Crippen LogP contribution in [0.5, 0.6) is 0 Å². The van der Waals surface area contributed by atoms with Crippen molar-refractivity contribution in [1.82, 2.24) is 20.4 Å². The van der Waals surface area contributed by atoms with Gasteiger partial charge in [0.15, 0.2) is 5.82 Å². The van der Waals surface area contributed by atoms with Gasteiger partial charge in [-0.2, -0.15) is 0 Å². The van der Waals surface area contributed by atoms with E-state index in [0.29, 0.717) is 35.6 Å². The molecule has 3 heterocycles. The monoisotopic (exact) mass is 459 g/mol. The second-order valence-electron chi connectivity index (χ2n) is 9.43. The summed E-state index contributed by atoms with van der Waals surface area (Å²) in [5.41, 5.74) is 1.42. The Balaban J connectivity index is 1.35. The van der Waals surface area contributed by atoms with Crippen molar-refractivity contribution in [2.75, 3.05) is 50.7 Å². The van der Waals surface area contributed by atoms with Crippen molar-refractivity contribution >= 4 is 23.9 Å². The molecule has 2 atom stereocenters. The Labute approximate surface area is 194 Å². The average Bonchev–Trinajstić information content (AvgIpc) is 3.17. The van der Waals surface area contributed by atoms with Crippen molar-refractivity contribution in [2.45, 2.75) is 45.2 Å². The second-order valence-corrected chi connectivity index (χ2v) is 9.43. The van der Waals surface area contributed by atoms with E-state index in [0.717, 1.165) is 45.8 Å². The first kappa shape index (κ1) is 23.6. The number of piperazine rings is 1. The zero-order chi connectivity index (χ0) is 23.4. The van der Waals surface area contributed by atoms with Gasteiger partial charge in [-0.25, -0.2) is 4.39 Å². The summed E-state index contributed by atoms with van der Waals surface area (Å²) < 4.78 is 15.5. The fourth-order valence-electron chi connectivity index (χ4n) is 5.21. The molecule has 2 fully saturated rings. The van der Waals surface area contributed by atoms with Crippen LogP contribution in [-0.4, -0.2) is 79.9 Å². The van der Waals surface area contributed by atoms with E-state index in [-0.39, 0.29) is 36.6 Å². The normalized spacial score (nSPS) is 22.2. The third kappa shape index (κ3) is 5.35. The van der Waals surface area contributed by atoms with Crippen LogP contribution >= 0.6 is 0 Å². The van der Waals surface area contributed by atoms with Gasteiger partial charge in [0.2, 0.25) is 12.3 Å². The number of fused-ring (bicyclic) bond motifs is 1. The number of carbonyl (C=O) groups is 3. The number of nitrogens with zero attached hydrogens (tertiary/aromatic N) is 3. The largest absolute Gasteiger partial charge is 0.367 e. The van der Waals surface area contributed by atoms with Crippen molar-refractivity contribution in [3.63, 3.8) is 0 Å². The number of imide groups is 1. The minimum absolute atomic E-state index is 0.134. The lowest BCUT2D eigenvalue weighted by Crippen LogP contribution is -2.49. The molecule has 0 spiro atoms. The quantitative estimate of drug-likeness (QED) is 0.571. The molecule has 0 aromatic heterocycles. The van der Waals surface area contributed by atoms with Crippen LogP contribution in [0, 0.1) is 11.7 Å². The summed E-state index contributed by atoms with van der Waals surface area (Å²) >= 11 is 0. The van der Waals surface area contributed by atoms with Crippen molar-refractivity contribution < 1.29 is 18.8 Å². The molecule has 33 heavy (non-hydrogen) atoms. The van der Waals surface area contributed by atoms with Crippen LogP contribution in [0.2, 0.25) is 0 Å². The summed E-state index contributed by atoms with van der Waals surface area (Å²) in [5.74, 6) is -0.192. The lowest BCUT2D eigenvalue weighted by Gasteiger charge is -2.38. The number of benzene rings is 1. The molecule has 1 aromatic rings. The lowest BCUT2D eigenvalue weighted by atomic mass is 9.99. The molecule has 0 saturated carbocycles. The molecule has 9 heteroatoms. The number of amides is 3. The van der Waals surface area contributed by atoms with E-state index in [1.807, 2.05) is 6.92 Å². The lowest BCUT2D eigenvalue weighted by molar-refractivity contribution is -0.125. The molecule has 2 saturated heterocycles. The molecular formula is C24H34FN5O3. The van der Waals surface area contributed by atoms with Crippen molar-refractivity contribution in [2.24, 2.45) is 5.92 Å². The first-order valence-electron chi connectivity index (χ1n) is 12.0. The van der Waals surface area contributed by atoms with E-state index in [1.165, 1.54) is 12.8 Å². The molecule has 8 nitrogen and oxygen atoms in total. The van der Waals surface area contributed by atoms with Gasteiger partial charge < -0.3 is 15.1 Å². The fourth-order valence-corrected chi connectivity index (χ4v) is 5.21. The topological polar surface area (TPSA) is 85.0 Å². The van der Waals surface area contributed by atoms with Crippen LogP contribution < -0.4 is 15.5 Å².